The maximum absolute atomic E-state index is 11.4. The largest absolute Gasteiger partial charge is 0.384 e. The van der Waals surface area contributed by atoms with E-state index in [9.17, 15) is 9.90 Å². The predicted octanol–water partition coefficient (Wildman–Crippen LogP) is 0.951. The van der Waals surface area contributed by atoms with Crippen LogP contribution >= 0.6 is 15.9 Å². The van der Waals surface area contributed by atoms with Gasteiger partial charge in [-0.1, -0.05) is 28.1 Å². The molecule has 1 aromatic carbocycles. The molecular weight excluding hydrogens is 234 g/mol. The number of hydrogen-bond donors (Lipinski definition) is 2. The van der Waals surface area contributed by atoms with Gasteiger partial charge in [-0.3, -0.25) is 4.79 Å². The van der Waals surface area contributed by atoms with Crippen molar-refractivity contribution in [3.05, 3.63) is 34.3 Å². The highest BCUT2D eigenvalue weighted by Crippen LogP contribution is 2.12. The van der Waals surface area contributed by atoms with E-state index in [4.69, 9.17) is 5.73 Å². The van der Waals surface area contributed by atoms with E-state index in [0.29, 0.717) is 5.56 Å². The molecule has 3 N–H and O–H groups in total. The van der Waals surface area contributed by atoms with Crippen LogP contribution in [0.25, 0.3) is 0 Å². The van der Waals surface area contributed by atoms with Gasteiger partial charge in [-0.25, -0.2) is 0 Å². The summed E-state index contributed by atoms with van der Waals surface area (Å²) >= 11 is 3.24. The Hall–Kier alpha value is -0.710. The van der Waals surface area contributed by atoms with Gasteiger partial charge in [0.1, 0.15) is 6.10 Å². The summed E-state index contributed by atoms with van der Waals surface area (Å²) in [5, 5.41) is 9.18. The Morgan fingerprint density at radius 2 is 2.31 bits per heavy atom. The van der Waals surface area contributed by atoms with E-state index >= 15 is 0 Å². The van der Waals surface area contributed by atoms with Gasteiger partial charge in [0.2, 0.25) is 0 Å². The van der Waals surface area contributed by atoms with Crippen molar-refractivity contribution in [2.75, 3.05) is 6.54 Å². The number of ketones is 1. The number of hydrogen-bond acceptors (Lipinski definition) is 3. The van der Waals surface area contributed by atoms with Crippen LogP contribution in [0.5, 0.6) is 0 Å². The maximum Gasteiger partial charge on any atom is 0.192 e. The fourth-order valence-corrected chi connectivity index (χ4v) is 1.34. The van der Waals surface area contributed by atoms with E-state index in [0.717, 1.165) is 4.47 Å². The number of carbonyl (C=O) groups is 1. The van der Waals surface area contributed by atoms with E-state index in [1.165, 1.54) is 0 Å². The fraction of sp³-hybridized carbons (Fsp3) is 0.222. The van der Waals surface area contributed by atoms with E-state index in [1.54, 1.807) is 18.2 Å². The van der Waals surface area contributed by atoms with E-state index in [2.05, 4.69) is 15.9 Å². The van der Waals surface area contributed by atoms with Crippen LogP contribution in [0.4, 0.5) is 0 Å². The van der Waals surface area contributed by atoms with Crippen LogP contribution in [0.3, 0.4) is 0 Å². The fourth-order valence-electron chi connectivity index (χ4n) is 0.941. The SMILES string of the molecule is NCC(O)C(=O)c1cccc(Br)c1. The Labute approximate surface area is 84.7 Å². The zero-order valence-electron chi connectivity index (χ0n) is 6.90. The summed E-state index contributed by atoms with van der Waals surface area (Å²) in [6.07, 6.45) is -1.10. The average molecular weight is 244 g/mol. The molecule has 13 heavy (non-hydrogen) atoms. The molecular formula is C9H10BrNO2. The average Bonchev–Trinajstić information content (AvgIpc) is 2.15. The molecule has 1 atom stereocenters. The van der Waals surface area contributed by atoms with Crippen LogP contribution in [-0.2, 0) is 0 Å². The van der Waals surface area contributed by atoms with Gasteiger partial charge in [0.05, 0.1) is 0 Å². The molecule has 0 spiro atoms. The van der Waals surface area contributed by atoms with Gasteiger partial charge in [-0.05, 0) is 12.1 Å². The summed E-state index contributed by atoms with van der Waals surface area (Å²) in [5.74, 6) is -0.344. The normalized spacial score (nSPS) is 12.5. The first-order chi connectivity index (χ1) is 6.15. The van der Waals surface area contributed by atoms with Crippen molar-refractivity contribution >= 4 is 21.7 Å². The summed E-state index contributed by atoms with van der Waals surface area (Å²) in [6, 6.07) is 6.85. The number of aliphatic hydroxyl groups is 1. The molecule has 0 saturated carbocycles. The number of aliphatic hydroxyl groups excluding tert-OH is 1. The highest BCUT2D eigenvalue weighted by molar-refractivity contribution is 9.10. The summed E-state index contributed by atoms with van der Waals surface area (Å²) < 4.78 is 0.808. The second kappa shape index (κ2) is 4.50. The summed E-state index contributed by atoms with van der Waals surface area (Å²) in [4.78, 5) is 11.4. The molecule has 0 aliphatic heterocycles. The zero-order valence-corrected chi connectivity index (χ0v) is 8.49. The molecule has 0 amide bonds. The Morgan fingerprint density at radius 3 is 2.85 bits per heavy atom. The first-order valence-electron chi connectivity index (χ1n) is 3.83. The molecule has 3 nitrogen and oxygen atoms in total. The molecule has 1 unspecified atom stereocenters. The van der Waals surface area contributed by atoms with Crippen molar-refractivity contribution in [3.63, 3.8) is 0 Å². The lowest BCUT2D eigenvalue weighted by Gasteiger charge is -2.06. The van der Waals surface area contributed by atoms with Crippen molar-refractivity contribution in [1.82, 2.24) is 0 Å². The molecule has 0 fully saturated rings. The van der Waals surface area contributed by atoms with Gasteiger partial charge in [0.15, 0.2) is 5.78 Å². The van der Waals surface area contributed by atoms with E-state index < -0.39 is 6.10 Å². The van der Waals surface area contributed by atoms with Crippen molar-refractivity contribution in [3.8, 4) is 0 Å². The lowest BCUT2D eigenvalue weighted by atomic mass is 10.1. The molecule has 0 radical (unpaired) electrons. The third kappa shape index (κ3) is 2.62. The third-order valence-corrected chi connectivity index (χ3v) is 2.13. The molecule has 0 saturated heterocycles. The number of carbonyl (C=O) groups excluding carboxylic acids is 1. The molecule has 0 aliphatic rings. The molecule has 0 aliphatic carbocycles. The topological polar surface area (TPSA) is 63.3 Å². The molecule has 0 bridgehead atoms. The quantitative estimate of drug-likeness (QED) is 0.778. The number of nitrogens with two attached hydrogens (primary N) is 1. The van der Waals surface area contributed by atoms with Gasteiger partial charge >= 0.3 is 0 Å². The lowest BCUT2D eigenvalue weighted by Crippen LogP contribution is -2.29. The highest BCUT2D eigenvalue weighted by Gasteiger charge is 2.14. The van der Waals surface area contributed by atoms with E-state index in [-0.39, 0.29) is 12.3 Å². The summed E-state index contributed by atoms with van der Waals surface area (Å²) in [5.41, 5.74) is 5.63. The Balaban J connectivity index is 2.89. The van der Waals surface area contributed by atoms with Gasteiger partial charge in [-0.2, -0.15) is 0 Å². The van der Waals surface area contributed by atoms with E-state index in [1.807, 2.05) is 6.07 Å². The van der Waals surface area contributed by atoms with Gasteiger partial charge in [0.25, 0.3) is 0 Å². The standard InChI is InChI=1S/C9H10BrNO2/c10-7-3-1-2-6(4-7)9(13)8(12)5-11/h1-4,8,12H,5,11H2. The van der Waals surface area contributed by atoms with Crippen LogP contribution in [0, 0.1) is 0 Å². The predicted molar refractivity (Wildman–Crippen MR) is 53.5 cm³/mol. The molecule has 4 heteroatoms. The number of rotatable bonds is 3. The molecule has 1 aromatic rings. The molecule has 0 aromatic heterocycles. The first-order valence-corrected chi connectivity index (χ1v) is 4.62. The monoisotopic (exact) mass is 243 g/mol. The van der Waals surface area contributed by atoms with Crippen LogP contribution < -0.4 is 5.73 Å². The van der Waals surface area contributed by atoms with Crippen LogP contribution in [0.15, 0.2) is 28.7 Å². The Kier molecular flexibility index (Phi) is 3.59. The smallest absolute Gasteiger partial charge is 0.192 e. The minimum atomic E-state index is -1.10. The minimum absolute atomic E-state index is 0.0503. The first kappa shape index (κ1) is 10.4. The zero-order chi connectivity index (χ0) is 9.84. The third-order valence-electron chi connectivity index (χ3n) is 1.64. The Bertz CT molecular complexity index is 314. The van der Waals surface area contributed by atoms with Crippen molar-refractivity contribution in [1.29, 1.82) is 0 Å². The Morgan fingerprint density at radius 1 is 1.62 bits per heavy atom. The van der Waals surface area contributed by atoms with Crippen molar-refractivity contribution in [2.24, 2.45) is 5.73 Å². The highest BCUT2D eigenvalue weighted by atomic mass is 79.9. The molecule has 1 rings (SSSR count). The summed E-state index contributed by atoms with van der Waals surface area (Å²) in [7, 11) is 0. The number of benzene rings is 1. The van der Waals surface area contributed by atoms with Crippen LogP contribution in [0.1, 0.15) is 10.4 Å². The van der Waals surface area contributed by atoms with Crippen molar-refractivity contribution in [2.45, 2.75) is 6.10 Å². The molecule has 0 heterocycles. The minimum Gasteiger partial charge on any atom is -0.384 e. The van der Waals surface area contributed by atoms with Gasteiger partial charge < -0.3 is 10.8 Å². The van der Waals surface area contributed by atoms with Crippen LogP contribution in [-0.4, -0.2) is 23.5 Å². The summed E-state index contributed by atoms with van der Waals surface area (Å²) in [6.45, 7) is -0.0503. The lowest BCUT2D eigenvalue weighted by molar-refractivity contribution is 0.0763. The molecule has 70 valence electrons. The van der Waals surface area contributed by atoms with Gasteiger partial charge in [-0.15, -0.1) is 0 Å². The van der Waals surface area contributed by atoms with Crippen molar-refractivity contribution < 1.29 is 9.90 Å². The van der Waals surface area contributed by atoms with Crippen LogP contribution in [0.2, 0.25) is 0 Å². The number of Topliss-reactive ketones (excluding diaryl/α,β-unsaturated/α-hetero) is 1. The second-order valence-corrected chi connectivity index (χ2v) is 3.54. The number of halogens is 1. The second-order valence-electron chi connectivity index (χ2n) is 2.63. The van der Waals surface area contributed by atoms with Gasteiger partial charge in [0, 0.05) is 16.6 Å². The maximum atomic E-state index is 11.4.